The Balaban J connectivity index is 2.53. The molecule has 0 aliphatic rings. The maximum atomic E-state index is 11.4. The van der Waals surface area contributed by atoms with Gasteiger partial charge in [0.05, 0.1) is 19.1 Å². The minimum atomic E-state index is -0.550. The Morgan fingerprint density at radius 3 is 2.76 bits per heavy atom. The van der Waals surface area contributed by atoms with E-state index in [-0.39, 0.29) is 11.4 Å². The molecule has 6 heteroatoms. The molecule has 0 saturated heterocycles. The van der Waals surface area contributed by atoms with E-state index < -0.39 is 5.97 Å². The standard InChI is InChI=1S/C11H11N3O3/c1-6-8(11(15)16-2)9(12)14-10(13-6)7-4-3-5-17-7/h3-5H,1-2H3,(H2,12,13,14). The SMILES string of the molecule is COC(=O)c1c(C)nc(-c2ccco2)nc1N. The molecule has 88 valence electrons. The van der Waals surface area contributed by atoms with Crippen molar-refractivity contribution in [3.63, 3.8) is 0 Å². The van der Waals surface area contributed by atoms with Crippen molar-refractivity contribution in [1.82, 2.24) is 9.97 Å². The number of furan rings is 1. The maximum absolute atomic E-state index is 11.4. The van der Waals surface area contributed by atoms with Gasteiger partial charge in [-0.1, -0.05) is 0 Å². The molecule has 0 spiro atoms. The van der Waals surface area contributed by atoms with Crippen molar-refractivity contribution in [3.8, 4) is 11.6 Å². The molecule has 2 aromatic heterocycles. The average Bonchev–Trinajstić information content (AvgIpc) is 2.81. The first-order chi connectivity index (χ1) is 8.13. The zero-order valence-corrected chi connectivity index (χ0v) is 9.43. The molecule has 0 atom stereocenters. The average molecular weight is 233 g/mol. The summed E-state index contributed by atoms with van der Waals surface area (Å²) in [5, 5.41) is 0. The van der Waals surface area contributed by atoms with Crippen LogP contribution in [0.2, 0.25) is 0 Å². The van der Waals surface area contributed by atoms with Gasteiger partial charge < -0.3 is 14.9 Å². The molecule has 2 aromatic rings. The lowest BCUT2D eigenvalue weighted by Gasteiger charge is -2.07. The number of anilines is 1. The third-order valence-corrected chi connectivity index (χ3v) is 2.25. The third kappa shape index (κ3) is 1.96. The van der Waals surface area contributed by atoms with Crippen molar-refractivity contribution >= 4 is 11.8 Å². The van der Waals surface area contributed by atoms with Gasteiger partial charge in [0.2, 0.25) is 0 Å². The van der Waals surface area contributed by atoms with Crippen molar-refractivity contribution in [2.75, 3.05) is 12.8 Å². The smallest absolute Gasteiger partial charge is 0.343 e. The van der Waals surface area contributed by atoms with E-state index in [9.17, 15) is 4.79 Å². The minimum Gasteiger partial charge on any atom is -0.465 e. The van der Waals surface area contributed by atoms with Gasteiger partial charge in [-0.15, -0.1) is 0 Å². The molecule has 0 aromatic carbocycles. The van der Waals surface area contributed by atoms with E-state index in [4.69, 9.17) is 10.2 Å². The fourth-order valence-electron chi connectivity index (χ4n) is 1.47. The minimum absolute atomic E-state index is 0.0794. The van der Waals surface area contributed by atoms with Gasteiger partial charge >= 0.3 is 5.97 Å². The van der Waals surface area contributed by atoms with Crippen molar-refractivity contribution in [2.45, 2.75) is 6.92 Å². The Kier molecular flexibility index (Phi) is 2.78. The molecule has 6 nitrogen and oxygen atoms in total. The molecule has 0 aliphatic heterocycles. The number of aryl methyl sites for hydroxylation is 1. The number of methoxy groups -OCH3 is 1. The second-order valence-corrected chi connectivity index (χ2v) is 3.36. The van der Waals surface area contributed by atoms with Gasteiger partial charge in [-0.2, -0.15) is 0 Å². The Morgan fingerprint density at radius 1 is 1.47 bits per heavy atom. The number of carbonyl (C=O) groups excluding carboxylic acids is 1. The maximum Gasteiger partial charge on any atom is 0.343 e. The molecule has 0 radical (unpaired) electrons. The highest BCUT2D eigenvalue weighted by molar-refractivity contribution is 5.95. The molecular formula is C11H11N3O3. The first kappa shape index (κ1) is 11.1. The van der Waals surface area contributed by atoms with E-state index in [1.165, 1.54) is 13.4 Å². The molecule has 0 amide bonds. The number of esters is 1. The monoisotopic (exact) mass is 233 g/mol. The summed E-state index contributed by atoms with van der Waals surface area (Å²) >= 11 is 0. The largest absolute Gasteiger partial charge is 0.465 e. The van der Waals surface area contributed by atoms with Crippen LogP contribution in [0.25, 0.3) is 11.6 Å². The predicted octanol–water partition coefficient (Wildman–Crippen LogP) is 1.41. The molecule has 17 heavy (non-hydrogen) atoms. The summed E-state index contributed by atoms with van der Waals surface area (Å²) in [6.07, 6.45) is 1.51. The van der Waals surface area contributed by atoms with Crippen LogP contribution in [-0.2, 0) is 4.74 Å². The van der Waals surface area contributed by atoms with E-state index in [1.807, 2.05) is 0 Å². The molecule has 2 N–H and O–H groups in total. The Bertz CT molecular complexity index is 526. The van der Waals surface area contributed by atoms with Crippen LogP contribution >= 0.6 is 0 Å². The van der Waals surface area contributed by atoms with Gasteiger partial charge in [-0.25, -0.2) is 14.8 Å². The highest BCUT2D eigenvalue weighted by atomic mass is 16.5. The molecular weight excluding hydrogens is 222 g/mol. The number of nitrogen functional groups attached to an aromatic ring is 1. The van der Waals surface area contributed by atoms with Crippen LogP contribution < -0.4 is 5.73 Å². The highest BCUT2D eigenvalue weighted by Gasteiger charge is 2.18. The predicted molar refractivity (Wildman–Crippen MR) is 60.2 cm³/mol. The van der Waals surface area contributed by atoms with Crippen molar-refractivity contribution in [1.29, 1.82) is 0 Å². The fourth-order valence-corrected chi connectivity index (χ4v) is 1.47. The van der Waals surface area contributed by atoms with Gasteiger partial charge in [0.25, 0.3) is 0 Å². The fraction of sp³-hybridized carbons (Fsp3) is 0.182. The van der Waals surface area contributed by atoms with E-state index in [1.54, 1.807) is 19.1 Å². The summed E-state index contributed by atoms with van der Waals surface area (Å²) in [5.74, 6) is 0.371. The first-order valence-corrected chi connectivity index (χ1v) is 4.89. The topological polar surface area (TPSA) is 91.2 Å². The number of hydrogen-bond acceptors (Lipinski definition) is 6. The summed E-state index contributed by atoms with van der Waals surface area (Å²) in [7, 11) is 1.28. The molecule has 0 saturated carbocycles. The van der Waals surface area contributed by atoms with E-state index >= 15 is 0 Å². The number of hydrogen-bond donors (Lipinski definition) is 1. The number of aromatic nitrogens is 2. The summed E-state index contributed by atoms with van der Waals surface area (Å²) in [5.41, 5.74) is 6.35. The number of nitrogens with two attached hydrogens (primary N) is 1. The zero-order chi connectivity index (χ0) is 12.4. The van der Waals surface area contributed by atoms with E-state index in [0.29, 0.717) is 17.3 Å². The number of ether oxygens (including phenoxy) is 1. The quantitative estimate of drug-likeness (QED) is 0.788. The number of nitrogens with zero attached hydrogens (tertiary/aromatic N) is 2. The Labute approximate surface area is 97.4 Å². The Morgan fingerprint density at radius 2 is 2.24 bits per heavy atom. The first-order valence-electron chi connectivity index (χ1n) is 4.89. The lowest BCUT2D eigenvalue weighted by atomic mass is 10.2. The Hall–Kier alpha value is -2.37. The molecule has 0 unspecified atom stereocenters. The number of rotatable bonds is 2. The lowest BCUT2D eigenvalue weighted by molar-refractivity contribution is 0.0600. The molecule has 0 aliphatic carbocycles. The zero-order valence-electron chi connectivity index (χ0n) is 9.43. The van der Waals surface area contributed by atoms with Crippen LogP contribution in [0.5, 0.6) is 0 Å². The van der Waals surface area contributed by atoms with E-state index in [2.05, 4.69) is 14.7 Å². The summed E-state index contributed by atoms with van der Waals surface area (Å²) < 4.78 is 9.77. The van der Waals surface area contributed by atoms with Gasteiger partial charge in [-0.3, -0.25) is 0 Å². The normalized spacial score (nSPS) is 10.2. The van der Waals surface area contributed by atoms with Crippen LogP contribution in [0.1, 0.15) is 16.1 Å². The van der Waals surface area contributed by atoms with Crippen LogP contribution in [0.4, 0.5) is 5.82 Å². The molecule has 0 bridgehead atoms. The number of carbonyl (C=O) groups is 1. The molecule has 2 heterocycles. The van der Waals surface area contributed by atoms with Gasteiger partial charge in [-0.05, 0) is 19.1 Å². The highest BCUT2D eigenvalue weighted by Crippen LogP contribution is 2.21. The van der Waals surface area contributed by atoms with Gasteiger partial charge in [0.1, 0.15) is 11.4 Å². The van der Waals surface area contributed by atoms with Crippen molar-refractivity contribution in [2.24, 2.45) is 0 Å². The second kappa shape index (κ2) is 4.25. The van der Waals surface area contributed by atoms with Crippen LogP contribution in [0.15, 0.2) is 22.8 Å². The van der Waals surface area contributed by atoms with Crippen LogP contribution in [-0.4, -0.2) is 23.0 Å². The van der Waals surface area contributed by atoms with Crippen LogP contribution in [0.3, 0.4) is 0 Å². The molecule has 0 fully saturated rings. The summed E-state index contributed by atoms with van der Waals surface area (Å²) in [6.45, 7) is 1.66. The van der Waals surface area contributed by atoms with Gasteiger partial charge in [0, 0.05) is 0 Å². The van der Waals surface area contributed by atoms with E-state index in [0.717, 1.165) is 0 Å². The van der Waals surface area contributed by atoms with Gasteiger partial charge in [0.15, 0.2) is 11.6 Å². The molecule has 2 rings (SSSR count). The lowest BCUT2D eigenvalue weighted by Crippen LogP contribution is -2.12. The van der Waals surface area contributed by atoms with Crippen molar-refractivity contribution in [3.05, 3.63) is 29.7 Å². The summed E-state index contributed by atoms with van der Waals surface area (Å²) in [6, 6.07) is 3.43. The third-order valence-electron chi connectivity index (χ3n) is 2.25. The van der Waals surface area contributed by atoms with Crippen LogP contribution in [0, 0.1) is 6.92 Å². The second-order valence-electron chi connectivity index (χ2n) is 3.36. The van der Waals surface area contributed by atoms with Crippen molar-refractivity contribution < 1.29 is 13.9 Å². The summed E-state index contributed by atoms with van der Waals surface area (Å²) in [4.78, 5) is 19.6.